The molecule has 0 heterocycles. The molecule has 0 bridgehead atoms. The van der Waals surface area contributed by atoms with Crippen LogP contribution in [0, 0.1) is 11.3 Å². The number of halogens is 2. The molecule has 5 nitrogen and oxygen atoms in total. The summed E-state index contributed by atoms with van der Waals surface area (Å²) in [5, 5.41) is 13.5. The van der Waals surface area contributed by atoms with Crippen molar-refractivity contribution < 1.29 is 8.42 Å². The van der Waals surface area contributed by atoms with E-state index in [0.29, 0.717) is 15.7 Å². The van der Waals surface area contributed by atoms with Crippen LogP contribution >= 0.6 is 23.2 Å². The summed E-state index contributed by atoms with van der Waals surface area (Å²) >= 11 is 11.6. The van der Waals surface area contributed by atoms with Crippen LogP contribution in [0.1, 0.15) is 20.8 Å². The van der Waals surface area contributed by atoms with Crippen LogP contribution in [0.3, 0.4) is 0 Å². The third kappa shape index (κ3) is 4.88. The molecule has 0 saturated carbocycles. The highest BCUT2D eigenvalue weighted by Gasteiger charge is 2.30. The van der Waals surface area contributed by atoms with Gasteiger partial charge in [0.05, 0.1) is 20.5 Å². The van der Waals surface area contributed by atoms with E-state index in [1.165, 1.54) is 6.07 Å². The third-order valence-electron chi connectivity index (χ3n) is 2.63. The molecule has 1 aromatic rings. The molecule has 0 aliphatic heterocycles. The van der Waals surface area contributed by atoms with Crippen LogP contribution in [0.4, 0.5) is 5.69 Å². The lowest BCUT2D eigenvalue weighted by molar-refractivity contribution is 0.564. The van der Waals surface area contributed by atoms with E-state index in [1.807, 2.05) is 0 Å². The molecule has 0 unspecified atom stereocenters. The van der Waals surface area contributed by atoms with Crippen molar-refractivity contribution in [3.05, 3.63) is 28.2 Å². The summed E-state index contributed by atoms with van der Waals surface area (Å²) < 4.78 is 23.1. The van der Waals surface area contributed by atoms with Gasteiger partial charge in [-0.05, 0) is 39.0 Å². The Labute approximate surface area is 134 Å². The maximum Gasteiger partial charge on any atom is 0.161 e. The van der Waals surface area contributed by atoms with Crippen molar-refractivity contribution in [2.45, 2.75) is 25.5 Å². The summed E-state index contributed by atoms with van der Waals surface area (Å²) in [5.74, 6) is -0.429. The topological polar surface area (TPSA) is 82.3 Å². The highest BCUT2D eigenvalue weighted by molar-refractivity contribution is 7.93. The lowest BCUT2D eigenvalue weighted by Gasteiger charge is -2.18. The van der Waals surface area contributed by atoms with E-state index >= 15 is 0 Å². The number of rotatable bonds is 4. The number of hydrogen-bond donors (Lipinski definition) is 1. The number of nitrogens with one attached hydrogen (secondary N) is 1. The Morgan fingerprint density at radius 3 is 2.43 bits per heavy atom. The van der Waals surface area contributed by atoms with E-state index in [0.717, 1.165) is 0 Å². The van der Waals surface area contributed by atoms with Gasteiger partial charge >= 0.3 is 0 Å². The zero-order valence-corrected chi connectivity index (χ0v) is 14.1. The highest BCUT2D eigenvalue weighted by atomic mass is 35.5. The molecular formula is C13H15Cl2N3O2S. The number of nitriles is 1. The lowest BCUT2D eigenvalue weighted by atomic mass is 10.3. The van der Waals surface area contributed by atoms with Crippen molar-refractivity contribution in [2.75, 3.05) is 11.2 Å². The number of hydrogen-bond acceptors (Lipinski definition) is 5. The first-order valence-electron chi connectivity index (χ1n) is 5.97. The maximum atomic E-state index is 12.0. The second-order valence-electron chi connectivity index (χ2n) is 5.28. The van der Waals surface area contributed by atoms with E-state index in [1.54, 1.807) is 39.0 Å². The Hall–Kier alpha value is -1.29. The van der Waals surface area contributed by atoms with Crippen LogP contribution < -0.4 is 5.43 Å². The van der Waals surface area contributed by atoms with Crippen LogP contribution in [0.2, 0.25) is 10.0 Å². The summed E-state index contributed by atoms with van der Waals surface area (Å²) in [6.07, 6.45) is 0. The maximum absolute atomic E-state index is 12.0. The fourth-order valence-electron chi connectivity index (χ4n) is 1.18. The first-order valence-corrected chi connectivity index (χ1v) is 8.37. The van der Waals surface area contributed by atoms with Crippen LogP contribution in [-0.2, 0) is 9.84 Å². The molecule has 0 amide bonds. The molecule has 1 aromatic carbocycles. The predicted octanol–water partition coefficient (Wildman–Crippen LogP) is 3.50. The molecule has 0 radical (unpaired) electrons. The molecular weight excluding hydrogens is 333 g/mol. The second-order valence-corrected chi connectivity index (χ2v) is 8.84. The average molecular weight is 348 g/mol. The van der Waals surface area contributed by atoms with Crippen LogP contribution in [0.25, 0.3) is 0 Å². The molecule has 0 saturated heterocycles. The van der Waals surface area contributed by atoms with Crippen LogP contribution in [0.5, 0.6) is 0 Å². The summed E-state index contributed by atoms with van der Waals surface area (Å²) in [5.41, 5.74) is 2.97. The van der Waals surface area contributed by atoms with Gasteiger partial charge in [0, 0.05) is 0 Å². The summed E-state index contributed by atoms with van der Waals surface area (Å²) in [7, 11) is -3.47. The first kappa shape index (κ1) is 17.8. The molecule has 21 heavy (non-hydrogen) atoms. The quantitative estimate of drug-likeness (QED) is 0.667. The summed E-state index contributed by atoms with van der Waals surface area (Å²) in [6, 6.07) is 6.49. The van der Waals surface area contributed by atoms with Crippen molar-refractivity contribution in [3.63, 3.8) is 0 Å². The van der Waals surface area contributed by atoms with Gasteiger partial charge < -0.3 is 0 Å². The third-order valence-corrected chi connectivity index (χ3v) is 5.89. The average Bonchev–Trinajstić information content (AvgIpc) is 2.37. The van der Waals surface area contributed by atoms with E-state index in [4.69, 9.17) is 28.5 Å². The molecule has 0 spiro atoms. The minimum absolute atomic E-state index is 0.129. The van der Waals surface area contributed by atoms with E-state index in [2.05, 4.69) is 10.5 Å². The first-order chi connectivity index (χ1) is 9.56. The lowest BCUT2D eigenvalue weighted by Crippen LogP contribution is -2.33. The van der Waals surface area contributed by atoms with Gasteiger partial charge in [-0.25, -0.2) is 8.42 Å². The monoisotopic (exact) mass is 347 g/mol. The minimum atomic E-state index is -3.47. The molecule has 114 valence electrons. The predicted molar refractivity (Wildman–Crippen MR) is 86.7 cm³/mol. The van der Waals surface area contributed by atoms with Crippen molar-refractivity contribution in [1.29, 1.82) is 5.26 Å². The molecule has 0 fully saturated rings. The Morgan fingerprint density at radius 2 is 1.95 bits per heavy atom. The zero-order valence-electron chi connectivity index (χ0n) is 11.8. The summed E-state index contributed by atoms with van der Waals surface area (Å²) in [4.78, 5) is 0. The number of anilines is 1. The molecule has 0 aliphatic carbocycles. The number of nitrogens with zero attached hydrogens (tertiary/aromatic N) is 2. The Balaban J connectivity index is 2.91. The zero-order chi connectivity index (χ0) is 16.3. The van der Waals surface area contributed by atoms with Gasteiger partial charge in [0.25, 0.3) is 0 Å². The Morgan fingerprint density at radius 1 is 1.33 bits per heavy atom. The Bertz CT molecular complexity index is 701. The fraction of sp³-hybridized carbons (Fsp3) is 0.385. The van der Waals surface area contributed by atoms with Gasteiger partial charge in [-0.3, -0.25) is 5.43 Å². The molecule has 1 rings (SSSR count). The van der Waals surface area contributed by atoms with Gasteiger partial charge in [0.2, 0.25) is 0 Å². The SMILES string of the molecule is CC(C)(C)S(=O)(=O)C/C(C#N)=N/Nc1ccc(Cl)c(Cl)c1. The molecule has 1 N–H and O–H groups in total. The fourth-order valence-corrected chi connectivity index (χ4v) is 2.40. The minimum Gasteiger partial charge on any atom is -0.277 e. The van der Waals surface area contributed by atoms with Crippen molar-refractivity contribution in [3.8, 4) is 6.07 Å². The van der Waals surface area contributed by atoms with E-state index in [-0.39, 0.29) is 5.71 Å². The largest absolute Gasteiger partial charge is 0.277 e. The number of benzene rings is 1. The second kappa shape index (κ2) is 6.65. The van der Waals surface area contributed by atoms with E-state index < -0.39 is 20.3 Å². The standard InChI is InChI=1S/C13H15Cl2N3O2S/c1-13(2,3)21(19,20)8-10(7-16)18-17-9-4-5-11(14)12(15)6-9/h4-6,17H,8H2,1-3H3/b18-10+. The summed E-state index contributed by atoms with van der Waals surface area (Å²) in [6.45, 7) is 4.72. The van der Waals surface area contributed by atoms with Gasteiger partial charge in [0.1, 0.15) is 11.8 Å². The van der Waals surface area contributed by atoms with Crippen molar-refractivity contribution >= 4 is 44.4 Å². The van der Waals surface area contributed by atoms with Gasteiger partial charge in [0.15, 0.2) is 15.5 Å². The van der Waals surface area contributed by atoms with Gasteiger partial charge in [-0.1, -0.05) is 23.2 Å². The number of sulfone groups is 1. The smallest absolute Gasteiger partial charge is 0.161 e. The van der Waals surface area contributed by atoms with Crippen molar-refractivity contribution in [2.24, 2.45) is 5.10 Å². The normalized spacial score (nSPS) is 12.9. The van der Waals surface area contributed by atoms with Gasteiger partial charge in [-0.15, -0.1) is 0 Å². The number of hydrazone groups is 1. The van der Waals surface area contributed by atoms with Crippen molar-refractivity contribution in [1.82, 2.24) is 0 Å². The van der Waals surface area contributed by atoms with Gasteiger partial charge in [-0.2, -0.15) is 10.4 Å². The molecule has 0 aliphatic rings. The highest BCUT2D eigenvalue weighted by Crippen LogP contribution is 2.25. The van der Waals surface area contributed by atoms with Crippen LogP contribution in [0.15, 0.2) is 23.3 Å². The molecule has 0 aromatic heterocycles. The van der Waals surface area contributed by atoms with E-state index in [9.17, 15) is 8.42 Å². The molecule has 0 atom stereocenters. The van der Waals surface area contributed by atoms with Crippen LogP contribution in [-0.4, -0.2) is 24.6 Å². The molecule has 8 heteroatoms. The Kier molecular flexibility index (Phi) is 5.62.